The van der Waals surface area contributed by atoms with Gasteiger partial charge in [-0.1, -0.05) is 11.6 Å². The molecular weight excluding hydrogens is 398 g/mol. The van der Waals surface area contributed by atoms with E-state index in [2.05, 4.69) is 14.7 Å². The minimum atomic E-state index is -3.68. The number of ether oxygens (including phenoxy) is 2. The maximum absolute atomic E-state index is 12.3. The molecule has 1 N–H and O–H groups in total. The molecule has 0 atom stereocenters. The van der Waals surface area contributed by atoms with Crippen LogP contribution in [-0.4, -0.2) is 32.6 Å². The summed E-state index contributed by atoms with van der Waals surface area (Å²) in [6, 6.07) is 11.2. The third kappa shape index (κ3) is 4.06. The molecule has 0 fully saturated rings. The smallest absolute Gasteiger partial charge is 0.271 e. The predicted octanol–water partition coefficient (Wildman–Crippen LogP) is 3.68. The van der Waals surface area contributed by atoms with Crippen molar-refractivity contribution in [1.29, 1.82) is 0 Å². The molecule has 26 heavy (non-hydrogen) atoms. The highest BCUT2D eigenvalue weighted by atomic mass is 35.5. The quantitative estimate of drug-likeness (QED) is 0.665. The van der Waals surface area contributed by atoms with E-state index in [-0.39, 0.29) is 4.21 Å². The van der Waals surface area contributed by atoms with E-state index in [0.717, 1.165) is 11.3 Å². The number of methoxy groups -OCH3 is 2. The number of hydrogen-bond donors (Lipinski definition) is 1. The summed E-state index contributed by atoms with van der Waals surface area (Å²) in [6.45, 7) is 0. The van der Waals surface area contributed by atoms with Crippen molar-refractivity contribution in [3.63, 3.8) is 0 Å². The van der Waals surface area contributed by atoms with Crippen LogP contribution in [0.25, 0.3) is 11.4 Å². The van der Waals surface area contributed by atoms with Gasteiger partial charge in [-0.25, -0.2) is 8.42 Å². The van der Waals surface area contributed by atoms with E-state index in [1.54, 1.807) is 30.3 Å². The Morgan fingerprint density at radius 3 is 2.12 bits per heavy atom. The Kier molecular flexibility index (Phi) is 5.30. The van der Waals surface area contributed by atoms with Crippen molar-refractivity contribution in [3.05, 3.63) is 46.8 Å². The number of nitrogens with zero attached hydrogens (tertiary/aromatic N) is 2. The Labute approximate surface area is 159 Å². The molecule has 0 aliphatic carbocycles. The summed E-state index contributed by atoms with van der Waals surface area (Å²) in [5.41, 5.74) is 1.09. The van der Waals surface area contributed by atoms with Gasteiger partial charge in [0.1, 0.15) is 4.21 Å². The normalized spacial score (nSPS) is 11.2. The van der Waals surface area contributed by atoms with Crippen LogP contribution in [0.1, 0.15) is 0 Å². The third-order valence-electron chi connectivity index (χ3n) is 3.31. The molecule has 3 aromatic rings. The lowest BCUT2D eigenvalue weighted by atomic mass is 10.2. The van der Waals surface area contributed by atoms with Gasteiger partial charge >= 0.3 is 0 Å². The summed E-state index contributed by atoms with van der Waals surface area (Å²) >= 11 is 6.79. The maximum atomic E-state index is 12.3. The first-order valence-corrected chi connectivity index (χ1v) is 9.95. The average Bonchev–Trinajstić information content (AvgIpc) is 3.09. The van der Waals surface area contributed by atoms with E-state index < -0.39 is 10.0 Å². The van der Waals surface area contributed by atoms with Gasteiger partial charge in [0.15, 0.2) is 5.82 Å². The Bertz CT molecular complexity index is 998. The zero-order valence-corrected chi connectivity index (χ0v) is 16.2. The molecule has 0 aliphatic rings. The number of halogens is 1. The van der Waals surface area contributed by atoms with E-state index in [4.69, 9.17) is 21.1 Å². The number of aromatic nitrogens is 2. The second-order valence-corrected chi connectivity index (χ2v) is 8.64. The molecule has 136 valence electrons. The Balaban J connectivity index is 1.85. The van der Waals surface area contributed by atoms with Crippen LogP contribution in [0.4, 0.5) is 5.69 Å². The second kappa shape index (κ2) is 7.48. The molecule has 0 aliphatic heterocycles. The van der Waals surface area contributed by atoms with Gasteiger partial charge in [0, 0.05) is 11.3 Å². The lowest BCUT2D eigenvalue weighted by molar-refractivity contribution is 0.372. The van der Waals surface area contributed by atoms with Crippen molar-refractivity contribution in [1.82, 2.24) is 9.97 Å². The highest BCUT2D eigenvalue weighted by molar-refractivity contribution is 7.94. The molecule has 0 saturated heterocycles. The van der Waals surface area contributed by atoms with Gasteiger partial charge in [-0.05, 0) is 36.4 Å². The highest BCUT2D eigenvalue weighted by Crippen LogP contribution is 2.28. The zero-order valence-electron chi connectivity index (χ0n) is 13.8. The van der Waals surface area contributed by atoms with Crippen LogP contribution in [0.5, 0.6) is 11.8 Å². The molecule has 1 aromatic carbocycles. The molecule has 0 amide bonds. The van der Waals surface area contributed by atoms with E-state index in [1.807, 2.05) is 0 Å². The van der Waals surface area contributed by atoms with Gasteiger partial charge in [-0.3, -0.25) is 4.72 Å². The first-order valence-electron chi connectivity index (χ1n) is 7.27. The molecule has 7 nitrogen and oxygen atoms in total. The van der Waals surface area contributed by atoms with Crippen LogP contribution in [0.3, 0.4) is 0 Å². The zero-order chi connectivity index (χ0) is 18.7. The number of rotatable bonds is 6. The monoisotopic (exact) mass is 411 g/mol. The number of sulfonamides is 1. The number of anilines is 1. The van der Waals surface area contributed by atoms with Crippen molar-refractivity contribution in [2.75, 3.05) is 18.9 Å². The number of nitrogens with one attached hydrogen (secondary N) is 1. The fraction of sp³-hybridized carbons (Fsp3) is 0.125. The minimum Gasteiger partial charge on any atom is -0.481 e. The van der Waals surface area contributed by atoms with Crippen molar-refractivity contribution in [3.8, 4) is 23.1 Å². The van der Waals surface area contributed by atoms with E-state index in [0.29, 0.717) is 33.2 Å². The van der Waals surface area contributed by atoms with Gasteiger partial charge in [-0.15, -0.1) is 11.3 Å². The van der Waals surface area contributed by atoms with Crippen LogP contribution in [-0.2, 0) is 10.0 Å². The standard InChI is InChI=1S/C16H14ClN3O4S2/c1-23-13-9-14(24-2)19-16(18-13)10-3-5-11(6-4-10)20-26(21,22)15-8-7-12(17)25-15/h3-9,20H,1-2H3. The summed E-state index contributed by atoms with van der Waals surface area (Å²) in [5.74, 6) is 1.14. The van der Waals surface area contributed by atoms with Crippen molar-refractivity contribution >= 4 is 38.6 Å². The summed E-state index contributed by atoms with van der Waals surface area (Å²) in [4.78, 5) is 8.52. The first-order chi connectivity index (χ1) is 12.4. The first kappa shape index (κ1) is 18.4. The van der Waals surface area contributed by atoms with E-state index in [9.17, 15) is 8.42 Å². The minimum absolute atomic E-state index is 0.146. The molecule has 0 unspecified atom stereocenters. The van der Waals surface area contributed by atoms with E-state index >= 15 is 0 Å². The fourth-order valence-corrected chi connectivity index (χ4v) is 4.62. The number of benzene rings is 1. The van der Waals surface area contributed by atoms with Crippen LogP contribution >= 0.6 is 22.9 Å². The Morgan fingerprint density at radius 2 is 1.62 bits per heavy atom. The summed E-state index contributed by atoms with van der Waals surface area (Å²) < 4.78 is 38.0. The summed E-state index contributed by atoms with van der Waals surface area (Å²) in [5, 5.41) is 0. The van der Waals surface area contributed by atoms with Gasteiger partial charge in [-0.2, -0.15) is 9.97 Å². The summed E-state index contributed by atoms with van der Waals surface area (Å²) in [6.07, 6.45) is 0. The van der Waals surface area contributed by atoms with Gasteiger partial charge < -0.3 is 9.47 Å². The largest absolute Gasteiger partial charge is 0.481 e. The van der Waals surface area contributed by atoms with Gasteiger partial charge in [0.25, 0.3) is 10.0 Å². The molecule has 3 rings (SSSR count). The SMILES string of the molecule is COc1cc(OC)nc(-c2ccc(NS(=O)(=O)c3ccc(Cl)s3)cc2)n1. The van der Waals surface area contributed by atoms with Crippen LogP contribution in [0.2, 0.25) is 4.34 Å². The highest BCUT2D eigenvalue weighted by Gasteiger charge is 2.17. The van der Waals surface area contributed by atoms with Crippen LogP contribution in [0.15, 0.2) is 46.7 Å². The van der Waals surface area contributed by atoms with Crippen molar-refractivity contribution in [2.45, 2.75) is 4.21 Å². The molecule has 10 heteroatoms. The Morgan fingerprint density at radius 1 is 1.00 bits per heavy atom. The molecule has 2 aromatic heterocycles. The maximum Gasteiger partial charge on any atom is 0.271 e. The van der Waals surface area contributed by atoms with Crippen LogP contribution < -0.4 is 14.2 Å². The lowest BCUT2D eigenvalue weighted by Crippen LogP contribution is -2.11. The lowest BCUT2D eigenvalue weighted by Gasteiger charge is -2.08. The summed E-state index contributed by atoms with van der Waals surface area (Å²) in [7, 11) is -0.678. The fourth-order valence-electron chi connectivity index (χ4n) is 2.08. The molecule has 0 radical (unpaired) electrons. The third-order valence-corrected chi connectivity index (χ3v) is 6.41. The van der Waals surface area contributed by atoms with Crippen molar-refractivity contribution in [2.24, 2.45) is 0 Å². The number of thiophene rings is 1. The second-order valence-electron chi connectivity index (χ2n) is 5.02. The molecule has 0 bridgehead atoms. The van der Waals surface area contributed by atoms with E-state index in [1.165, 1.54) is 26.4 Å². The van der Waals surface area contributed by atoms with Gasteiger partial charge in [0.05, 0.1) is 24.6 Å². The van der Waals surface area contributed by atoms with Crippen molar-refractivity contribution < 1.29 is 17.9 Å². The Hall–Kier alpha value is -2.36. The molecule has 0 spiro atoms. The number of hydrogen-bond acceptors (Lipinski definition) is 7. The molecule has 2 heterocycles. The predicted molar refractivity (Wildman–Crippen MR) is 101 cm³/mol. The topological polar surface area (TPSA) is 90.4 Å². The average molecular weight is 412 g/mol. The molecule has 0 saturated carbocycles. The van der Waals surface area contributed by atoms with Crippen LogP contribution in [0, 0.1) is 0 Å². The van der Waals surface area contributed by atoms with Gasteiger partial charge in [0.2, 0.25) is 11.8 Å². The molecular formula is C16H14ClN3O4S2.